The monoisotopic (exact) mass is 478 g/mol. The van der Waals surface area contributed by atoms with Crippen molar-refractivity contribution in [2.24, 2.45) is 7.05 Å². The molecule has 1 atom stereocenters. The van der Waals surface area contributed by atoms with E-state index in [-0.39, 0.29) is 17.6 Å². The van der Waals surface area contributed by atoms with E-state index in [1.54, 1.807) is 13.1 Å². The highest BCUT2D eigenvalue weighted by molar-refractivity contribution is 6.30. The van der Waals surface area contributed by atoms with E-state index in [2.05, 4.69) is 32.9 Å². The number of nitrogens with one attached hydrogen (secondary N) is 1. The topological polar surface area (TPSA) is 68.1 Å². The molecule has 0 saturated carbocycles. The third kappa shape index (κ3) is 4.49. The Balaban J connectivity index is 1.58. The molecule has 0 radical (unpaired) electrons. The van der Waals surface area contributed by atoms with E-state index in [9.17, 15) is 13.2 Å². The Morgan fingerprint density at radius 2 is 1.97 bits per heavy atom. The number of nitrogens with zero attached hydrogens (tertiary/aromatic N) is 5. The van der Waals surface area contributed by atoms with E-state index in [4.69, 9.17) is 16.3 Å². The fraction of sp³-hybridized carbons (Fsp3) is 0.409. The maximum Gasteiger partial charge on any atom is 0.416 e. The first-order chi connectivity index (χ1) is 15.8. The minimum absolute atomic E-state index is 0.0322. The molecule has 3 aromatic rings. The van der Waals surface area contributed by atoms with Gasteiger partial charge in [0.25, 0.3) is 5.95 Å². The Morgan fingerprint density at radius 3 is 2.70 bits per heavy atom. The second-order valence-corrected chi connectivity index (χ2v) is 8.77. The van der Waals surface area contributed by atoms with E-state index in [1.165, 1.54) is 4.80 Å². The molecule has 7 nitrogen and oxygen atoms in total. The lowest BCUT2D eigenvalue weighted by Gasteiger charge is -2.31. The van der Waals surface area contributed by atoms with Crippen LogP contribution in [0.2, 0.25) is 5.02 Å². The van der Waals surface area contributed by atoms with Crippen LogP contribution in [0.3, 0.4) is 0 Å². The third-order valence-corrected chi connectivity index (χ3v) is 6.20. The summed E-state index contributed by atoms with van der Waals surface area (Å²) in [5.41, 5.74) is 3.95. The molecule has 33 heavy (non-hydrogen) atoms. The van der Waals surface area contributed by atoms with Crippen molar-refractivity contribution in [1.29, 1.82) is 0 Å². The van der Waals surface area contributed by atoms with Gasteiger partial charge in [0.2, 0.25) is 0 Å². The average Bonchev–Trinajstić information content (AvgIpc) is 3.34. The first-order valence-electron chi connectivity index (χ1n) is 10.6. The zero-order valence-corrected chi connectivity index (χ0v) is 18.6. The molecule has 1 N–H and O–H groups in total. The average molecular weight is 479 g/mol. The normalized spacial score (nSPS) is 17.8. The minimum Gasteiger partial charge on any atom is -0.385 e. The van der Waals surface area contributed by atoms with Crippen molar-refractivity contribution in [3.63, 3.8) is 0 Å². The Kier molecular flexibility index (Phi) is 5.65. The smallest absolute Gasteiger partial charge is 0.385 e. The van der Waals surface area contributed by atoms with Crippen molar-refractivity contribution >= 4 is 23.2 Å². The number of tetrazole rings is 1. The maximum absolute atomic E-state index is 13.4. The van der Waals surface area contributed by atoms with E-state index in [1.807, 2.05) is 4.90 Å². The molecule has 0 spiro atoms. The van der Waals surface area contributed by atoms with Crippen molar-refractivity contribution in [3.8, 4) is 0 Å². The molecule has 5 rings (SSSR count). The highest BCUT2D eigenvalue weighted by Gasteiger charge is 2.33. The van der Waals surface area contributed by atoms with Crippen molar-refractivity contribution in [3.05, 3.63) is 63.2 Å². The van der Waals surface area contributed by atoms with Crippen LogP contribution in [-0.4, -0.2) is 26.8 Å². The van der Waals surface area contributed by atoms with E-state index >= 15 is 0 Å². The summed E-state index contributed by atoms with van der Waals surface area (Å²) in [4.78, 5) is 3.25. The number of hydrogen-bond acceptors (Lipinski definition) is 6. The first kappa shape index (κ1) is 22.0. The predicted molar refractivity (Wildman–Crippen MR) is 117 cm³/mol. The fourth-order valence-corrected chi connectivity index (χ4v) is 4.74. The number of fused-ring (bicyclic) bond motifs is 2. The molecule has 0 amide bonds. The lowest BCUT2D eigenvalue weighted by atomic mass is 9.95. The van der Waals surface area contributed by atoms with E-state index < -0.39 is 11.7 Å². The van der Waals surface area contributed by atoms with Crippen LogP contribution < -0.4 is 10.2 Å². The molecule has 0 fully saturated rings. The number of aromatic nitrogens is 4. The minimum atomic E-state index is -4.49. The van der Waals surface area contributed by atoms with Crippen LogP contribution in [-0.2, 0) is 37.7 Å². The summed E-state index contributed by atoms with van der Waals surface area (Å²) >= 11 is 6.06. The summed E-state index contributed by atoms with van der Waals surface area (Å²) in [6.45, 7) is 2.06. The van der Waals surface area contributed by atoms with Gasteiger partial charge in [0.15, 0.2) is 0 Å². The van der Waals surface area contributed by atoms with Crippen molar-refractivity contribution in [1.82, 2.24) is 20.2 Å². The SMILES string of the molecule is Cn1nnc(N(Cc2cc(Cl)cc(C(F)(F)F)c2)[C@H]2CCCNc3cc4c(cc32)COC4)n1. The van der Waals surface area contributed by atoms with Gasteiger partial charge < -0.3 is 15.0 Å². The highest BCUT2D eigenvalue weighted by Crippen LogP contribution is 2.40. The summed E-state index contributed by atoms with van der Waals surface area (Å²) in [5, 5.41) is 16.0. The lowest BCUT2D eigenvalue weighted by molar-refractivity contribution is -0.137. The number of ether oxygens (including phenoxy) is 1. The van der Waals surface area contributed by atoms with Crippen LogP contribution in [0, 0.1) is 0 Å². The molecule has 2 aliphatic heterocycles. The van der Waals surface area contributed by atoms with Crippen LogP contribution in [0.4, 0.5) is 24.8 Å². The zero-order chi connectivity index (χ0) is 23.2. The first-order valence-corrected chi connectivity index (χ1v) is 11.0. The van der Waals surface area contributed by atoms with Crippen molar-refractivity contribution in [2.45, 2.75) is 44.8 Å². The van der Waals surface area contributed by atoms with Gasteiger partial charge in [0.1, 0.15) is 0 Å². The van der Waals surface area contributed by atoms with Gasteiger partial charge in [-0.3, -0.25) is 0 Å². The lowest BCUT2D eigenvalue weighted by Crippen LogP contribution is -2.30. The van der Waals surface area contributed by atoms with Gasteiger partial charge in [-0.15, -0.1) is 5.10 Å². The predicted octanol–water partition coefficient (Wildman–Crippen LogP) is 4.87. The van der Waals surface area contributed by atoms with Crippen LogP contribution in [0.25, 0.3) is 0 Å². The number of benzene rings is 2. The van der Waals surface area contributed by atoms with Crippen LogP contribution >= 0.6 is 11.6 Å². The summed E-state index contributed by atoms with van der Waals surface area (Å²) in [5.74, 6) is 0.348. The van der Waals surface area contributed by atoms with Gasteiger partial charge in [-0.25, -0.2) is 0 Å². The Morgan fingerprint density at radius 1 is 1.18 bits per heavy atom. The largest absolute Gasteiger partial charge is 0.416 e. The molecule has 11 heteroatoms. The summed E-state index contributed by atoms with van der Waals surface area (Å²) in [6, 6.07) is 7.68. The summed E-state index contributed by atoms with van der Waals surface area (Å²) < 4.78 is 45.8. The van der Waals surface area contributed by atoms with Crippen LogP contribution in [0.5, 0.6) is 0 Å². The Labute approximate surface area is 193 Å². The molecular formula is C22H22ClF3N6O. The van der Waals surface area contributed by atoms with Crippen molar-refractivity contribution < 1.29 is 17.9 Å². The van der Waals surface area contributed by atoms with Gasteiger partial charge in [-0.1, -0.05) is 16.7 Å². The molecule has 174 valence electrons. The number of halogens is 4. The van der Waals surface area contributed by atoms with Gasteiger partial charge in [-0.2, -0.15) is 18.0 Å². The second-order valence-electron chi connectivity index (χ2n) is 8.34. The Hall–Kier alpha value is -2.85. The maximum atomic E-state index is 13.4. The number of alkyl halides is 3. The van der Waals surface area contributed by atoms with Gasteiger partial charge >= 0.3 is 6.18 Å². The van der Waals surface area contributed by atoms with E-state index in [0.29, 0.717) is 24.7 Å². The van der Waals surface area contributed by atoms with E-state index in [0.717, 1.165) is 53.9 Å². The highest BCUT2D eigenvalue weighted by atomic mass is 35.5. The molecule has 0 aliphatic carbocycles. The van der Waals surface area contributed by atoms with Crippen LogP contribution in [0.15, 0.2) is 30.3 Å². The molecule has 0 unspecified atom stereocenters. The molecule has 0 bridgehead atoms. The zero-order valence-electron chi connectivity index (χ0n) is 17.9. The van der Waals surface area contributed by atoms with Gasteiger partial charge in [0.05, 0.1) is 31.9 Å². The molecule has 2 aromatic carbocycles. The summed E-state index contributed by atoms with van der Waals surface area (Å²) in [6.07, 6.45) is -2.85. The fourth-order valence-electron chi connectivity index (χ4n) is 4.49. The van der Waals surface area contributed by atoms with Crippen LogP contribution in [0.1, 0.15) is 46.7 Å². The molecule has 0 saturated heterocycles. The quantitative estimate of drug-likeness (QED) is 0.577. The number of rotatable bonds is 4. The molecule has 1 aromatic heterocycles. The third-order valence-electron chi connectivity index (χ3n) is 5.98. The standard InChI is InChI=1S/C22H22ClF3N6O/c1-31-29-21(28-30-31)32(10-13-5-16(22(24,25)26)9-17(23)6-13)20-3-2-4-27-19-8-15-12-33-11-14(15)7-18(19)20/h5-9,20,27H,2-4,10-12H2,1H3/t20-/m0/s1. The number of aryl methyl sites for hydroxylation is 1. The molecule has 2 aliphatic rings. The van der Waals surface area contributed by atoms with Gasteiger partial charge in [0, 0.05) is 23.8 Å². The molecular weight excluding hydrogens is 457 g/mol. The Bertz CT molecular complexity index is 1180. The number of hydrogen-bond donors (Lipinski definition) is 1. The van der Waals surface area contributed by atoms with Crippen molar-refractivity contribution in [2.75, 3.05) is 16.8 Å². The molecule has 3 heterocycles. The second kappa shape index (κ2) is 8.49. The summed E-state index contributed by atoms with van der Waals surface area (Å²) in [7, 11) is 1.66. The number of anilines is 2. The van der Waals surface area contributed by atoms with Gasteiger partial charge in [-0.05, 0) is 70.6 Å².